The maximum Gasteiger partial charge on any atom is 0.288 e. The molecule has 0 aliphatic heterocycles. The highest BCUT2D eigenvalue weighted by atomic mass is 35.5. The van der Waals surface area contributed by atoms with Gasteiger partial charge in [0.15, 0.2) is 0 Å². The van der Waals surface area contributed by atoms with Gasteiger partial charge in [-0.2, -0.15) is 0 Å². The first-order valence-corrected chi connectivity index (χ1v) is 7.52. The van der Waals surface area contributed by atoms with Crippen LogP contribution in [0.25, 0.3) is 0 Å². The van der Waals surface area contributed by atoms with E-state index in [0.717, 1.165) is 24.3 Å². The summed E-state index contributed by atoms with van der Waals surface area (Å²) in [4.78, 5) is 10.4. The van der Waals surface area contributed by atoms with Crippen LogP contribution >= 0.6 is 11.6 Å². The lowest BCUT2D eigenvalue weighted by atomic mass is 9.85. The predicted molar refractivity (Wildman–Crippen MR) is 78.9 cm³/mol. The van der Waals surface area contributed by atoms with E-state index in [-0.39, 0.29) is 16.8 Å². The topological polar surface area (TPSA) is 52.4 Å². The molecule has 4 nitrogen and oxygen atoms in total. The summed E-state index contributed by atoms with van der Waals surface area (Å²) in [7, 11) is 0. The quantitative estimate of drug-likeness (QED) is 0.583. The highest BCUT2D eigenvalue weighted by Gasteiger charge is 2.21. The van der Waals surface area contributed by atoms with Crippen LogP contribution in [0.3, 0.4) is 0 Å². The monoisotopic (exact) mass is 297 g/mol. The van der Waals surface area contributed by atoms with E-state index in [1.807, 2.05) is 0 Å². The second-order valence-corrected chi connectivity index (χ2v) is 5.82. The summed E-state index contributed by atoms with van der Waals surface area (Å²) in [5, 5.41) is 11.0. The summed E-state index contributed by atoms with van der Waals surface area (Å²) in [6.45, 7) is 2.63. The van der Waals surface area contributed by atoms with Gasteiger partial charge in [-0.15, -0.1) is 0 Å². The van der Waals surface area contributed by atoms with E-state index in [9.17, 15) is 10.1 Å². The molecule has 1 aliphatic carbocycles. The standard InChI is InChI=1S/C15H20ClNO3/c1-2-11-4-3-5-13(8-11)20-10-12-6-7-14(16)15(9-12)17(18)19/h6-7,9,11,13H,2-5,8,10H2,1H3. The SMILES string of the molecule is CCC1CCCC(OCc2ccc(Cl)c([N+](=O)[O-])c2)C1. The zero-order chi connectivity index (χ0) is 14.5. The molecule has 0 amide bonds. The van der Waals surface area contributed by atoms with Gasteiger partial charge in [0.25, 0.3) is 5.69 Å². The first-order chi connectivity index (χ1) is 9.60. The molecule has 0 bridgehead atoms. The minimum Gasteiger partial charge on any atom is -0.374 e. The van der Waals surface area contributed by atoms with Gasteiger partial charge in [-0.1, -0.05) is 43.9 Å². The van der Waals surface area contributed by atoms with Gasteiger partial charge in [0.05, 0.1) is 17.6 Å². The Labute approximate surface area is 124 Å². The number of nitrogens with zero attached hydrogens (tertiary/aromatic N) is 1. The van der Waals surface area contributed by atoms with Gasteiger partial charge < -0.3 is 4.74 Å². The molecule has 0 N–H and O–H groups in total. The van der Waals surface area contributed by atoms with Crippen LogP contribution in [0.1, 0.15) is 44.6 Å². The Bertz CT molecular complexity index is 478. The van der Waals surface area contributed by atoms with E-state index in [1.165, 1.54) is 25.3 Å². The second-order valence-electron chi connectivity index (χ2n) is 5.42. The van der Waals surface area contributed by atoms with Crippen LogP contribution in [0.2, 0.25) is 5.02 Å². The number of hydrogen-bond acceptors (Lipinski definition) is 3. The van der Waals surface area contributed by atoms with Crippen LogP contribution in [0, 0.1) is 16.0 Å². The fraction of sp³-hybridized carbons (Fsp3) is 0.600. The third-order valence-corrected chi connectivity index (χ3v) is 4.32. The summed E-state index contributed by atoms with van der Waals surface area (Å²) in [6.07, 6.45) is 6.18. The smallest absolute Gasteiger partial charge is 0.288 e. The average Bonchev–Trinajstić information content (AvgIpc) is 2.46. The number of rotatable bonds is 5. The fourth-order valence-electron chi connectivity index (χ4n) is 2.77. The number of nitro benzene ring substituents is 1. The van der Waals surface area contributed by atoms with Gasteiger partial charge in [-0.25, -0.2) is 0 Å². The van der Waals surface area contributed by atoms with Gasteiger partial charge >= 0.3 is 0 Å². The molecule has 2 atom stereocenters. The number of nitro groups is 1. The largest absolute Gasteiger partial charge is 0.374 e. The molecule has 0 radical (unpaired) electrons. The van der Waals surface area contributed by atoms with Crippen molar-refractivity contribution in [2.24, 2.45) is 5.92 Å². The minimum absolute atomic E-state index is 0.0529. The van der Waals surface area contributed by atoms with Crippen molar-refractivity contribution in [3.63, 3.8) is 0 Å². The first kappa shape index (κ1) is 15.3. The van der Waals surface area contributed by atoms with Crippen molar-refractivity contribution in [3.05, 3.63) is 38.9 Å². The van der Waals surface area contributed by atoms with E-state index in [2.05, 4.69) is 6.92 Å². The number of benzene rings is 1. The Kier molecular flexibility index (Phi) is 5.38. The third-order valence-electron chi connectivity index (χ3n) is 4.00. The van der Waals surface area contributed by atoms with Crippen LogP contribution in [0.4, 0.5) is 5.69 Å². The average molecular weight is 298 g/mol. The van der Waals surface area contributed by atoms with Gasteiger partial charge in [-0.05, 0) is 30.4 Å². The number of hydrogen-bond donors (Lipinski definition) is 0. The molecule has 1 aliphatic rings. The summed E-state index contributed by atoms with van der Waals surface area (Å²) in [6, 6.07) is 4.85. The lowest BCUT2D eigenvalue weighted by Gasteiger charge is -2.28. The normalized spacial score (nSPS) is 22.7. The summed E-state index contributed by atoms with van der Waals surface area (Å²) < 4.78 is 5.91. The van der Waals surface area contributed by atoms with Crippen molar-refractivity contribution >= 4 is 17.3 Å². The molecule has 20 heavy (non-hydrogen) atoms. The molecule has 2 rings (SSSR count). The zero-order valence-electron chi connectivity index (χ0n) is 11.7. The molecule has 0 aromatic heterocycles. The van der Waals surface area contributed by atoms with Crippen molar-refractivity contribution in [3.8, 4) is 0 Å². The minimum atomic E-state index is -0.459. The molecule has 2 unspecified atom stereocenters. The highest BCUT2D eigenvalue weighted by molar-refractivity contribution is 6.32. The van der Waals surface area contributed by atoms with Crippen molar-refractivity contribution in [2.45, 2.75) is 51.7 Å². The zero-order valence-corrected chi connectivity index (χ0v) is 12.4. The van der Waals surface area contributed by atoms with Crippen LogP contribution in [-0.2, 0) is 11.3 Å². The molecule has 1 aromatic carbocycles. The van der Waals surface area contributed by atoms with Crippen LogP contribution in [-0.4, -0.2) is 11.0 Å². The molecule has 0 heterocycles. The van der Waals surface area contributed by atoms with Gasteiger partial charge in [0.1, 0.15) is 5.02 Å². The fourth-order valence-corrected chi connectivity index (χ4v) is 2.95. The third kappa shape index (κ3) is 3.93. The molecule has 5 heteroatoms. The maximum atomic E-state index is 10.8. The Morgan fingerprint density at radius 3 is 2.95 bits per heavy atom. The van der Waals surface area contributed by atoms with Crippen LogP contribution in [0.5, 0.6) is 0 Å². The Hall–Kier alpha value is -1.13. The Balaban J connectivity index is 1.93. The van der Waals surface area contributed by atoms with E-state index in [1.54, 1.807) is 12.1 Å². The molecule has 110 valence electrons. The van der Waals surface area contributed by atoms with E-state index >= 15 is 0 Å². The summed E-state index contributed by atoms with van der Waals surface area (Å²) in [5.41, 5.74) is 0.752. The van der Waals surface area contributed by atoms with E-state index < -0.39 is 4.92 Å². The molecule has 1 saturated carbocycles. The molecule has 0 spiro atoms. The van der Waals surface area contributed by atoms with Gasteiger partial charge in [0.2, 0.25) is 0 Å². The highest BCUT2D eigenvalue weighted by Crippen LogP contribution is 2.30. The van der Waals surface area contributed by atoms with Crippen molar-refractivity contribution in [1.29, 1.82) is 0 Å². The summed E-state index contributed by atoms with van der Waals surface area (Å²) in [5.74, 6) is 0.758. The number of halogens is 1. The predicted octanol–water partition coefficient (Wildman–Crippen LogP) is 4.73. The molecule has 1 aromatic rings. The van der Waals surface area contributed by atoms with Crippen molar-refractivity contribution < 1.29 is 9.66 Å². The number of ether oxygens (including phenoxy) is 1. The van der Waals surface area contributed by atoms with Crippen LogP contribution < -0.4 is 0 Å². The van der Waals surface area contributed by atoms with Gasteiger partial charge in [-0.3, -0.25) is 10.1 Å². The molecule has 0 saturated heterocycles. The Morgan fingerprint density at radius 2 is 2.25 bits per heavy atom. The first-order valence-electron chi connectivity index (χ1n) is 7.14. The van der Waals surface area contributed by atoms with Crippen molar-refractivity contribution in [1.82, 2.24) is 0 Å². The molecular formula is C15H20ClNO3. The lowest BCUT2D eigenvalue weighted by molar-refractivity contribution is -0.384. The Morgan fingerprint density at radius 1 is 1.45 bits per heavy atom. The van der Waals surface area contributed by atoms with E-state index in [0.29, 0.717) is 6.61 Å². The molecular weight excluding hydrogens is 278 g/mol. The van der Waals surface area contributed by atoms with Crippen LogP contribution in [0.15, 0.2) is 18.2 Å². The van der Waals surface area contributed by atoms with Gasteiger partial charge in [0, 0.05) is 6.07 Å². The van der Waals surface area contributed by atoms with Crippen molar-refractivity contribution in [2.75, 3.05) is 0 Å². The lowest BCUT2D eigenvalue weighted by Crippen LogP contribution is -2.22. The maximum absolute atomic E-state index is 10.8. The summed E-state index contributed by atoms with van der Waals surface area (Å²) >= 11 is 5.80. The second kappa shape index (κ2) is 7.04. The van der Waals surface area contributed by atoms with E-state index in [4.69, 9.17) is 16.3 Å². The molecule has 1 fully saturated rings.